The van der Waals surface area contributed by atoms with E-state index in [1.807, 2.05) is 0 Å². The van der Waals surface area contributed by atoms with Crippen molar-refractivity contribution in [2.24, 2.45) is 11.1 Å². The molecule has 1 fully saturated rings. The molecule has 2 aliphatic rings. The van der Waals surface area contributed by atoms with Gasteiger partial charge in [0, 0.05) is 27.7 Å². The van der Waals surface area contributed by atoms with E-state index in [0.29, 0.717) is 11.3 Å². The molecule has 0 bridgehead atoms. The third-order valence-corrected chi connectivity index (χ3v) is 8.27. The van der Waals surface area contributed by atoms with Gasteiger partial charge in [0.1, 0.15) is 18.8 Å². The van der Waals surface area contributed by atoms with Crippen LogP contribution in [0.1, 0.15) is 16.2 Å². The van der Waals surface area contributed by atoms with E-state index in [4.69, 9.17) is 15.0 Å². The van der Waals surface area contributed by atoms with Crippen molar-refractivity contribution in [3.05, 3.63) is 46.4 Å². The number of oxime groups is 1. The highest BCUT2D eigenvalue weighted by molar-refractivity contribution is 8.14. The van der Waals surface area contributed by atoms with Crippen molar-refractivity contribution in [2.75, 3.05) is 24.3 Å². The minimum atomic E-state index is -1.21. The summed E-state index contributed by atoms with van der Waals surface area (Å²) in [5, 5.41) is 17.1. The number of aliphatic carboxylic acids is 1. The summed E-state index contributed by atoms with van der Waals surface area (Å²) < 4.78 is 5.07. The van der Waals surface area contributed by atoms with Gasteiger partial charge in [-0.15, -0.1) is 11.3 Å². The van der Waals surface area contributed by atoms with Crippen molar-refractivity contribution in [3.63, 3.8) is 0 Å². The van der Waals surface area contributed by atoms with Crippen LogP contribution in [0.15, 0.2) is 44.5 Å². The largest absolute Gasteiger partial charge is 0.478 e. The third-order valence-electron chi connectivity index (χ3n) is 5.19. The number of nitrogens with one attached hydrogen (secondary N) is 1. The first-order valence-corrected chi connectivity index (χ1v) is 12.7. The average molecular weight is 523 g/mol. The number of ketones is 1. The van der Waals surface area contributed by atoms with Crippen LogP contribution in [0.4, 0.5) is 5.13 Å². The first-order valence-electron chi connectivity index (χ1n) is 9.76. The molecule has 3 heterocycles. The van der Waals surface area contributed by atoms with Crippen molar-refractivity contribution < 1.29 is 33.5 Å². The number of fused-ring (bicyclic) bond motifs is 1. The number of hydrogen-bond donors (Lipinski definition) is 3. The van der Waals surface area contributed by atoms with Crippen LogP contribution in [0.2, 0.25) is 0 Å². The number of amides is 1. The third kappa shape index (κ3) is 4.60. The molecule has 0 aromatic carbocycles. The molecule has 2 aromatic heterocycles. The van der Waals surface area contributed by atoms with Gasteiger partial charge in [0.2, 0.25) is 0 Å². The summed E-state index contributed by atoms with van der Waals surface area (Å²) in [4.78, 5) is 58.7. The Kier molecular flexibility index (Phi) is 7.09. The number of nitrogens with two attached hydrogens (primary N) is 1. The molecule has 4 N–H and O–H groups in total. The van der Waals surface area contributed by atoms with Gasteiger partial charge in [-0.1, -0.05) is 16.9 Å². The monoisotopic (exact) mass is 522 g/mol. The normalized spacial score (nSPS) is 22.1. The van der Waals surface area contributed by atoms with Gasteiger partial charge in [-0.3, -0.25) is 14.4 Å². The summed E-state index contributed by atoms with van der Waals surface area (Å²) in [5.41, 5.74) is 6.17. The molecule has 4 rings (SSSR count). The molecule has 0 radical (unpaired) electrons. The number of carbonyl (C=O) groups is 4. The van der Waals surface area contributed by atoms with E-state index in [0.717, 1.165) is 23.1 Å². The summed E-state index contributed by atoms with van der Waals surface area (Å²) in [5.74, 6) is -2.60. The van der Waals surface area contributed by atoms with E-state index in [2.05, 4.69) is 15.5 Å². The number of thiazole rings is 1. The lowest BCUT2D eigenvalue weighted by atomic mass is 9.71. The maximum atomic E-state index is 12.9. The van der Waals surface area contributed by atoms with Gasteiger partial charge in [-0.05, 0) is 17.7 Å². The van der Waals surface area contributed by atoms with E-state index in [9.17, 15) is 24.3 Å². The topological polar surface area (TPSA) is 174 Å². The summed E-state index contributed by atoms with van der Waals surface area (Å²) in [7, 11) is 1.27. The summed E-state index contributed by atoms with van der Waals surface area (Å²) >= 11 is 3.40. The number of furan rings is 1. The van der Waals surface area contributed by atoms with Crippen LogP contribution < -0.4 is 11.1 Å². The van der Waals surface area contributed by atoms with Crippen LogP contribution in [-0.2, 0) is 19.2 Å². The average Bonchev–Trinajstić information content (AvgIpc) is 3.50. The maximum Gasteiger partial charge on any atom is 0.332 e. The van der Waals surface area contributed by atoms with Gasteiger partial charge in [-0.25, -0.2) is 9.78 Å². The molecule has 0 spiro atoms. The maximum absolute atomic E-state index is 12.9. The van der Waals surface area contributed by atoms with Gasteiger partial charge in [0.25, 0.3) is 11.0 Å². The van der Waals surface area contributed by atoms with Gasteiger partial charge in [0.05, 0.1) is 12.2 Å². The summed E-state index contributed by atoms with van der Waals surface area (Å²) in [6, 6.07) is 2.22. The number of carboxylic acids is 1. The molecule has 3 atom stereocenters. The molecule has 1 saturated carbocycles. The fourth-order valence-corrected chi connectivity index (χ4v) is 6.67. The molecule has 2 aromatic rings. The lowest BCUT2D eigenvalue weighted by Gasteiger charge is -2.46. The van der Waals surface area contributed by atoms with Gasteiger partial charge in [0.15, 0.2) is 22.4 Å². The number of nitrogen functional groups attached to an aromatic ring is 1. The number of aromatic nitrogens is 1. The van der Waals surface area contributed by atoms with Gasteiger partial charge < -0.3 is 25.4 Å². The van der Waals surface area contributed by atoms with Crippen molar-refractivity contribution >= 4 is 68.5 Å². The number of hydrogen-bond acceptors (Lipinski definition) is 12. The number of thioether (sulfide) groups is 2. The Labute approximate surface area is 205 Å². The number of nitrogens with zero attached hydrogens (tertiary/aromatic N) is 2. The zero-order valence-corrected chi connectivity index (χ0v) is 20.0. The van der Waals surface area contributed by atoms with E-state index in [1.165, 1.54) is 36.6 Å². The minimum Gasteiger partial charge on any atom is -0.478 e. The van der Waals surface area contributed by atoms with Crippen LogP contribution in [-0.4, -0.2) is 68.5 Å². The Morgan fingerprint density at radius 1 is 1.44 bits per heavy atom. The van der Waals surface area contributed by atoms with Crippen LogP contribution in [0.5, 0.6) is 0 Å². The van der Waals surface area contributed by atoms with Crippen molar-refractivity contribution in [1.82, 2.24) is 10.3 Å². The number of anilines is 1. The number of rotatable bonds is 8. The Hall–Kier alpha value is -3.10. The number of Topliss-reactive ketones (excluding diaryl/α,β-unsaturated/α-hetero) is 1. The predicted molar refractivity (Wildman–Crippen MR) is 127 cm³/mol. The minimum absolute atomic E-state index is 0.0166. The van der Waals surface area contributed by atoms with Crippen LogP contribution in [0.3, 0.4) is 0 Å². The van der Waals surface area contributed by atoms with Crippen molar-refractivity contribution in [2.45, 2.75) is 11.3 Å². The Bertz CT molecular complexity index is 1200. The first-order chi connectivity index (χ1) is 16.3. The highest BCUT2D eigenvalue weighted by atomic mass is 32.2. The van der Waals surface area contributed by atoms with Crippen LogP contribution in [0.25, 0.3) is 0 Å². The highest BCUT2D eigenvalue weighted by Crippen LogP contribution is 2.46. The van der Waals surface area contributed by atoms with E-state index >= 15 is 0 Å². The molecule has 1 aliphatic heterocycles. The smallest absolute Gasteiger partial charge is 0.332 e. The molecule has 178 valence electrons. The molecule has 1 unspecified atom stereocenters. The molecule has 11 nitrogen and oxygen atoms in total. The number of carboxylic acid groups (broad SMARTS) is 1. The fraction of sp³-hybridized carbons (Fsp3) is 0.300. The van der Waals surface area contributed by atoms with E-state index < -0.39 is 34.9 Å². The summed E-state index contributed by atoms with van der Waals surface area (Å²) in [6.07, 6.45) is 1.38. The van der Waals surface area contributed by atoms with E-state index in [1.54, 1.807) is 6.07 Å². The second kappa shape index (κ2) is 10.0. The van der Waals surface area contributed by atoms with Gasteiger partial charge >= 0.3 is 5.97 Å². The zero-order valence-electron chi connectivity index (χ0n) is 17.5. The van der Waals surface area contributed by atoms with Gasteiger partial charge in [-0.2, -0.15) is 11.8 Å². The molecule has 1 aliphatic carbocycles. The standard InChI is InChI=1S/C20H18N4O7S3/c1-30-24-13(9-7-34-20(21)22-9)17(26)23-14-15(25)12-11(18(27)28)8(5-32-16(12)14)6-33-19(29)10-3-2-4-31-10/h2-4,7,12,14,16H,5-6H2,1H3,(H2,21,22)(H,23,26)(H,27,28)/b24-13-/t12?,14-,16+/m1/s1. The molecule has 0 saturated heterocycles. The molecular weight excluding hydrogens is 504 g/mol. The second-order valence-corrected chi connectivity index (χ2v) is 10.2. The lowest BCUT2D eigenvalue weighted by Crippen LogP contribution is -2.66. The van der Waals surface area contributed by atoms with Crippen molar-refractivity contribution in [3.8, 4) is 0 Å². The molecule has 1 amide bonds. The van der Waals surface area contributed by atoms with Crippen molar-refractivity contribution in [1.29, 1.82) is 0 Å². The Balaban J connectivity index is 1.47. The quantitative estimate of drug-likeness (QED) is 0.338. The highest BCUT2D eigenvalue weighted by Gasteiger charge is 2.56. The second-order valence-electron chi connectivity index (χ2n) is 7.18. The predicted octanol–water partition coefficient (Wildman–Crippen LogP) is 1.42. The Morgan fingerprint density at radius 3 is 2.85 bits per heavy atom. The fourth-order valence-electron chi connectivity index (χ4n) is 3.66. The zero-order chi connectivity index (χ0) is 24.4. The lowest BCUT2D eigenvalue weighted by molar-refractivity contribution is -0.139. The molecular formula is C20H18N4O7S3. The number of carbonyl (C=O) groups excluding carboxylic acids is 3. The Morgan fingerprint density at radius 2 is 2.24 bits per heavy atom. The summed E-state index contributed by atoms with van der Waals surface area (Å²) in [6.45, 7) is 0. The SMILES string of the molecule is CO/N=C(\C(=O)N[C@@H]1C(=O)C2C(C(=O)O)=C(CSC(=O)c3ccco3)CS[C@@H]21)c1csc(N)n1. The molecule has 14 heteroatoms. The van der Waals surface area contributed by atoms with Crippen LogP contribution >= 0.6 is 34.9 Å². The van der Waals surface area contributed by atoms with E-state index in [-0.39, 0.29) is 38.7 Å². The van der Waals surface area contributed by atoms with Crippen LogP contribution in [0, 0.1) is 5.92 Å². The first kappa shape index (κ1) is 24.0. The molecule has 34 heavy (non-hydrogen) atoms.